The van der Waals surface area contributed by atoms with Crippen LogP contribution in [-0.2, 0) is 6.54 Å². The molecule has 0 aromatic heterocycles. The first kappa shape index (κ1) is 28.6. The molecule has 3 aromatic carbocycles. The number of anilines is 2. The fraction of sp³-hybridized carbons (Fsp3) is 0.355. The second-order valence-corrected chi connectivity index (χ2v) is 11.8. The summed E-state index contributed by atoms with van der Waals surface area (Å²) in [5.74, 6) is -1.72. The molecular weight excluding hydrogens is 582 g/mol. The number of para-hydroxylation sites is 1. The number of rotatable bonds is 5. The van der Waals surface area contributed by atoms with E-state index >= 15 is 4.39 Å². The number of carboxylic acids is 1. The Morgan fingerprint density at radius 3 is 2.26 bits per heavy atom. The molecule has 8 nitrogen and oxygen atoms in total. The van der Waals surface area contributed by atoms with Crippen LogP contribution in [0.4, 0.5) is 15.8 Å². The van der Waals surface area contributed by atoms with Crippen LogP contribution >= 0.6 is 23.2 Å². The third-order valence-corrected chi connectivity index (χ3v) is 8.87. The van der Waals surface area contributed by atoms with Gasteiger partial charge in [-0.3, -0.25) is 4.79 Å². The van der Waals surface area contributed by atoms with Crippen molar-refractivity contribution in [1.29, 1.82) is 0 Å². The second kappa shape index (κ2) is 11.6. The molecule has 2 saturated heterocycles. The molecule has 6 rings (SSSR count). The van der Waals surface area contributed by atoms with Gasteiger partial charge in [-0.2, -0.15) is 0 Å². The average molecular weight is 614 g/mol. The molecule has 0 spiro atoms. The summed E-state index contributed by atoms with van der Waals surface area (Å²) in [5.41, 5.74) is 2.97. The molecule has 0 bridgehead atoms. The van der Waals surface area contributed by atoms with Gasteiger partial charge < -0.3 is 29.4 Å². The van der Waals surface area contributed by atoms with Gasteiger partial charge in [0.25, 0.3) is 5.91 Å². The van der Waals surface area contributed by atoms with E-state index in [0.29, 0.717) is 35.7 Å². The minimum Gasteiger partial charge on any atom is -0.478 e. The molecule has 3 aromatic rings. The highest BCUT2D eigenvalue weighted by Crippen LogP contribution is 2.41. The number of hydrogen-bond donors (Lipinski definition) is 1. The summed E-state index contributed by atoms with van der Waals surface area (Å²) in [6.07, 6.45) is 1.90. The van der Waals surface area contributed by atoms with Crippen molar-refractivity contribution in [3.63, 3.8) is 0 Å². The van der Waals surface area contributed by atoms with Gasteiger partial charge in [0, 0.05) is 61.6 Å². The number of amides is 1. The standard InChI is InChI=1S/C31H31Cl2FN4O4/c1-35-9-11-36(12-10-35)20-13-24(32)28(25(33)14-20)30(39)38-17-19-5-4-6-21(29(19)42-18-38)22-16-27(37-7-2-3-8-37)23(31(40)41)15-26(22)34/h4-6,13-16H,2-3,7-12,17-18H2,1H3,(H,40,41). The number of hydrogen-bond acceptors (Lipinski definition) is 6. The van der Waals surface area contributed by atoms with Crippen LogP contribution in [0.25, 0.3) is 11.1 Å². The molecule has 42 heavy (non-hydrogen) atoms. The monoisotopic (exact) mass is 612 g/mol. The molecular formula is C31H31Cl2FN4O4. The minimum atomic E-state index is -1.17. The first-order valence-electron chi connectivity index (χ1n) is 14.0. The van der Waals surface area contributed by atoms with Crippen molar-refractivity contribution in [1.82, 2.24) is 9.80 Å². The van der Waals surface area contributed by atoms with E-state index in [1.165, 1.54) is 4.90 Å². The zero-order valence-electron chi connectivity index (χ0n) is 23.2. The van der Waals surface area contributed by atoms with Gasteiger partial charge >= 0.3 is 5.97 Å². The lowest BCUT2D eigenvalue weighted by molar-refractivity contribution is 0.0516. The number of piperazine rings is 1. The van der Waals surface area contributed by atoms with Crippen molar-refractivity contribution >= 4 is 46.5 Å². The predicted octanol–water partition coefficient (Wildman–Crippen LogP) is 5.84. The normalized spacial score (nSPS) is 17.3. The Morgan fingerprint density at radius 2 is 1.60 bits per heavy atom. The van der Waals surface area contributed by atoms with Gasteiger partial charge in [0.15, 0.2) is 6.73 Å². The SMILES string of the molecule is CN1CCN(c2cc(Cl)c(C(=O)N3COc4c(cccc4-c4cc(N5CCCC5)c(C(=O)O)cc4F)C3)c(Cl)c2)CC1. The number of carbonyl (C=O) groups excluding carboxylic acids is 1. The highest BCUT2D eigenvalue weighted by Gasteiger charge is 2.30. The number of halogens is 3. The van der Waals surface area contributed by atoms with Crippen LogP contribution in [0.2, 0.25) is 10.0 Å². The lowest BCUT2D eigenvalue weighted by Crippen LogP contribution is -2.44. The van der Waals surface area contributed by atoms with E-state index in [1.807, 2.05) is 11.0 Å². The zero-order chi connectivity index (χ0) is 29.5. The smallest absolute Gasteiger partial charge is 0.337 e. The first-order valence-corrected chi connectivity index (χ1v) is 14.8. The van der Waals surface area contributed by atoms with Crippen molar-refractivity contribution in [2.45, 2.75) is 19.4 Å². The van der Waals surface area contributed by atoms with Crippen molar-refractivity contribution in [2.75, 3.05) is 62.8 Å². The van der Waals surface area contributed by atoms with Crippen LogP contribution in [0.1, 0.15) is 39.1 Å². The fourth-order valence-corrected chi connectivity index (χ4v) is 6.58. The lowest BCUT2D eigenvalue weighted by atomic mass is 9.97. The molecule has 0 unspecified atom stereocenters. The molecule has 3 heterocycles. The summed E-state index contributed by atoms with van der Waals surface area (Å²) in [6.45, 7) is 5.10. The van der Waals surface area contributed by atoms with E-state index in [4.69, 9.17) is 27.9 Å². The van der Waals surface area contributed by atoms with Crippen LogP contribution in [0.5, 0.6) is 5.75 Å². The number of nitrogens with zero attached hydrogens (tertiary/aromatic N) is 4. The van der Waals surface area contributed by atoms with Gasteiger partial charge in [0.05, 0.1) is 33.4 Å². The van der Waals surface area contributed by atoms with E-state index in [1.54, 1.807) is 30.3 Å². The van der Waals surface area contributed by atoms with E-state index in [-0.39, 0.29) is 45.9 Å². The number of ether oxygens (including phenoxy) is 1. The van der Waals surface area contributed by atoms with Crippen molar-refractivity contribution in [3.05, 3.63) is 75.0 Å². The number of benzene rings is 3. The summed E-state index contributed by atoms with van der Waals surface area (Å²) >= 11 is 13.3. The highest BCUT2D eigenvalue weighted by molar-refractivity contribution is 6.40. The Morgan fingerprint density at radius 1 is 0.905 bits per heavy atom. The van der Waals surface area contributed by atoms with Crippen LogP contribution in [0.3, 0.4) is 0 Å². The number of likely N-dealkylation sites (N-methyl/N-ethyl adjacent to an activating group) is 1. The van der Waals surface area contributed by atoms with Crippen LogP contribution < -0.4 is 14.5 Å². The summed E-state index contributed by atoms with van der Waals surface area (Å²) in [5, 5.41) is 10.3. The van der Waals surface area contributed by atoms with Crippen LogP contribution in [-0.4, -0.2) is 79.8 Å². The number of carbonyl (C=O) groups is 2. The fourth-order valence-electron chi connectivity index (χ4n) is 5.94. The number of aromatic carboxylic acids is 1. The maximum atomic E-state index is 15.4. The van der Waals surface area contributed by atoms with Crippen molar-refractivity contribution in [2.24, 2.45) is 0 Å². The summed E-state index contributed by atoms with van der Waals surface area (Å²) in [6, 6.07) is 11.6. The minimum absolute atomic E-state index is 0.0620. The largest absolute Gasteiger partial charge is 0.478 e. The Balaban J connectivity index is 1.28. The van der Waals surface area contributed by atoms with E-state index < -0.39 is 11.8 Å². The van der Waals surface area contributed by atoms with Gasteiger partial charge in [-0.1, -0.05) is 41.4 Å². The third kappa shape index (κ3) is 5.37. The molecule has 3 aliphatic rings. The Bertz CT molecular complexity index is 1530. The van der Waals surface area contributed by atoms with E-state index in [9.17, 15) is 14.7 Å². The maximum absolute atomic E-state index is 15.4. The van der Waals surface area contributed by atoms with Crippen molar-refractivity contribution < 1.29 is 23.8 Å². The van der Waals surface area contributed by atoms with Crippen molar-refractivity contribution in [3.8, 4) is 16.9 Å². The molecule has 220 valence electrons. The Kier molecular flexibility index (Phi) is 7.91. The molecule has 2 fully saturated rings. The Hall–Kier alpha value is -3.53. The van der Waals surface area contributed by atoms with Gasteiger partial charge in [-0.05, 0) is 44.2 Å². The summed E-state index contributed by atoms with van der Waals surface area (Å²) in [4.78, 5) is 33.5. The topological polar surface area (TPSA) is 76.6 Å². The third-order valence-electron chi connectivity index (χ3n) is 8.27. The average Bonchev–Trinajstić information content (AvgIpc) is 3.51. The molecule has 3 aliphatic heterocycles. The lowest BCUT2D eigenvalue weighted by Gasteiger charge is -2.34. The molecule has 0 aliphatic carbocycles. The number of carboxylic acid groups (broad SMARTS) is 1. The van der Waals surface area contributed by atoms with Gasteiger partial charge in [-0.25, -0.2) is 9.18 Å². The zero-order valence-corrected chi connectivity index (χ0v) is 24.7. The molecule has 0 atom stereocenters. The van der Waals surface area contributed by atoms with Gasteiger partial charge in [-0.15, -0.1) is 0 Å². The first-order chi connectivity index (χ1) is 20.2. The quantitative estimate of drug-likeness (QED) is 0.388. The maximum Gasteiger partial charge on any atom is 0.337 e. The van der Waals surface area contributed by atoms with E-state index in [0.717, 1.165) is 50.8 Å². The second-order valence-electron chi connectivity index (χ2n) is 11.0. The molecule has 1 amide bonds. The number of fused-ring (bicyclic) bond motifs is 1. The van der Waals surface area contributed by atoms with Crippen LogP contribution in [0, 0.1) is 5.82 Å². The molecule has 0 radical (unpaired) electrons. The van der Waals surface area contributed by atoms with Crippen LogP contribution in [0.15, 0.2) is 42.5 Å². The van der Waals surface area contributed by atoms with E-state index in [2.05, 4.69) is 16.8 Å². The Labute approximate surface area is 253 Å². The summed E-state index contributed by atoms with van der Waals surface area (Å²) < 4.78 is 21.5. The summed E-state index contributed by atoms with van der Waals surface area (Å²) in [7, 11) is 2.08. The molecule has 11 heteroatoms. The van der Waals surface area contributed by atoms with Gasteiger partial charge in [0.1, 0.15) is 11.6 Å². The highest BCUT2D eigenvalue weighted by atomic mass is 35.5. The van der Waals surface area contributed by atoms with Gasteiger partial charge in [0.2, 0.25) is 0 Å². The molecule has 1 N–H and O–H groups in total. The molecule has 0 saturated carbocycles. The predicted molar refractivity (Wildman–Crippen MR) is 162 cm³/mol.